The van der Waals surface area contributed by atoms with E-state index in [9.17, 15) is 0 Å². The van der Waals surface area contributed by atoms with Crippen LogP contribution < -0.4 is 0 Å². The molecule has 5 rings (SSSR count). The Hall–Kier alpha value is -1.12. The van der Waals surface area contributed by atoms with Crippen molar-refractivity contribution in [3.05, 3.63) is 53.1 Å². The van der Waals surface area contributed by atoms with E-state index in [4.69, 9.17) is 0 Å². The summed E-state index contributed by atoms with van der Waals surface area (Å²) in [4.78, 5) is 0. The predicted octanol–water partition coefficient (Wildman–Crippen LogP) is 18.5. The molecule has 0 aliphatic heterocycles. The molecule has 0 bridgehead atoms. The first kappa shape index (κ1) is 47.9. The number of unbranched alkanes of at least 4 members (excludes halogenated alkanes) is 22. The van der Waals surface area contributed by atoms with E-state index in [-0.39, 0.29) is 11.0 Å². The summed E-state index contributed by atoms with van der Waals surface area (Å²) in [6.07, 6.45) is 53.1. The van der Waals surface area contributed by atoms with Crippen molar-refractivity contribution in [3.63, 3.8) is 0 Å². The lowest BCUT2D eigenvalue weighted by Gasteiger charge is -2.55. The van der Waals surface area contributed by atoms with E-state index < -0.39 is 8.24 Å². The van der Waals surface area contributed by atoms with Gasteiger partial charge in [-0.25, -0.2) is 0 Å². The first-order valence-electron chi connectivity index (χ1n) is 26.5. The number of hydrogen-bond acceptors (Lipinski definition) is 1. The molecule has 0 saturated heterocycles. The molecular formula is C56H97NSi. The number of rotatable bonds is 29. The third-order valence-electron chi connectivity index (χ3n) is 16.2. The first-order chi connectivity index (χ1) is 28.1. The lowest BCUT2D eigenvalue weighted by Crippen LogP contribution is -2.64. The van der Waals surface area contributed by atoms with Gasteiger partial charge in [0.25, 0.3) is 0 Å². The molecule has 1 aromatic carbocycles. The second kappa shape index (κ2) is 24.5. The zero-order valence-electron chi connectivity index (χ0n) is 40.1. The van der Waals surface area contributed by atoms with Crippen LogP contribution in [0.3, 0.4) is 0 Å². The van der Waals surface area contributed by atoms with Crippen molar-refractivity contribution in [1.29, 1.82) is 0 Å². The van der Waals surface area contributed by atoms with E-state index in [0.717, 1.165) is 23.4 Å². The summed E-state index contributed by atoms with van der Waals surface area (Å²) in [5, 5.41) is 0. The van der Waals surface area contributed by atoms with Gasteiger partial charge in [0.1, 0.15) is 8.24 Å². The van der Waals surface area contributed by atoms with Crippen LogP contribution in [-0.4, -0.2) is 24.4 Å². The van der Waals surface area contributed by atoms with Crippen LogP contribution in [-0.2, 0) is 5.41 Å². The van der Waals surface area contributed by atoms with Gasteiger partial charge in [-0.1, -0.05) is 243 Å². The van der Waals surface area contributed by atoms with Crippen molar-refractivity contribution >= 4 is 13.8 Å². The Labute approximate surface area is 363 Å². The molecule has 0 spiro atoms. The molecule has 3 atom stereocenters. The van der Waals surface area contributed by atoms with E-state index in [1.54, 1.807) is 22.3 Å². The highest BCUT2D eigenvalue weighted by molar-refractivity contribution is 6.76. The maximum atomic E-state index is 3.19. The standard InChI is InChI=1S/C56H97NSi/c1-8-10-12-14-16-18-20-22-24-26-28-35-43-56(44-36-29-27-25-23-21-19-17-15-13-11-9-2)52-40-34-33-39-49(52)51-45-47-41-42-54(50(47)46-53(51)56)58(6,7)57(55(3,4)5)48-37-31-30-32-38-48/h33-34,39-40,45-48,50,54H,8-32,35-38,41-44H2,1-7H3. The minimum atomic E-state index is -1.76. The Morgan fingerprint density at radius 2 is 1.03 bits per heavy atom. The van der Waals surface area contributed by atoms with Crippen molar-refractivity contribution < 1.29 is 0 Å². The highest BCUT2D eigenvalue weighted by Crippen LogP contribution is 2.62. The Morgan fingerprint density at radius 1 is 0.569 bits per heavy atom. The molecule has 330 valence electrons. The molecule has 2 fully saturated rings. The highest BCUT2D eigenvalue weighted by atomic mass is 28.3. The minimum absolute atomic E-state index is 0.219. The van der Waals surface area contributed by atoms with Crippen LogP contribution >= 0.6 is 0 Å². The van der Waals surface area contributed by atoms with Crippen LogP contribution in [0.5, 0.6) is 0 Å². The van der Waals surface area contributed by atoms with Crippen LogP contribution in [0.25, 0.3) is 5.57 Å². The topological polar surface area (TPSA) is 3.24 Å². The fourth-order valence-corrected chi connectivity index (χ4v) is 18.9. The van der Waals surface area contributed by atoms with Crippen molar-refractivity contribution in [2.45, 2.75) is 282 Å². The minimum Gasteiger partial charge on any atom is -0.316 e. The van der Waals surface area contributed by atoms with Gasteiger partial charge in [0, 0.05) is 17.0 Å². The Bertz CT molecular complexity index is 1330. The molecule has 0 aromatic heterocycles. The number of allylic oxidation sites excluding steroid dienone is 4. The second-order valence-corrected chi connectivity index (χ2v) is 26.5. The fraction of sp³-hybridized carbons (Fsp3) is 0.821. The largest absolute Gasteiger partial charge is 0.316 e. The summed E-state index contributed by atoms with van der Waals surface area (Å²) >= 11 is 0. The number of nitrogens with zero attached hydrogens (tertiary/aromatic N) is 1. The third-order valence-corrected chi connectivity index (χ3v) is 20.9. The molecule has 58 heavy (non-hydrogen) atoms. The van der Waals surface area contributed by atoms with E-state index in [0.29, 0.717) is 0 Å². The van der Waals surface area contributed by atoms with Gasteiger partial charge in [0.15, 0.2) is 0 Å². The van der Waals surface area contributed by atoms with E-state index >= 15 is 0 Å². The molecule has 1 nitrogen and oxygen atoms in total. The SMILES string of the molecule is CCCCCCCCCCCCCCC1(CCCCCCCCCCCCCC)C2=CC3C(C=C2c2ccccc21)CCC3[Si](C)(C)N(C1CCCCC1)C(C)(C)C. The molecule has 2 saturated carbocycles. The molecule has 0 amide bonds. The highest BCUT2D eigenvalue weighted by Gasteiger charge is 2.54. The molecule has 2 heteroatoms. The van der Waals surface area contributed by atoms with Crippen LogP contribution in [0.1, 0.15) is 258 Å². The van der Waals surface area contributed by atoms with Gasteiger partial charge in [-0.3, -0.25) is 0 Å². The lowest BCUT2D eigenvalue weighted by molar-refractivity contribution is 0.140. The van der Waals surface area contributed by atoms with Gasteiger partial charge in [-0.2, -0.15) is 0 Å². The molecule has 0 heterocycles. The maximum Gasteiger partial charge on any atom is 0.126 e. The predicted molar refractivity (Wildman–Crippen MR) is 261 cm³/mol. The quantitative estimate of drug-likeness (QED) is 0.0575. The average molecular weight is 812 g/mol. The Morgan fingerprint density at radius 3 is 1.52 bits per heavy atom. The fourth-order valence-electron chi connectivity index (χ4n) is 13.4. The number of benzene rings is 1. The zero-order valence-corrected chi connectivity index (χ0v) is 41.1. The smallest absolute Gasteiger partial charge is 0.126 e. The summed E-state index contributed by atoms with van der Waals surface area (Å²) in [6, 6.07) is 10.7. The molecule has 3 unspecified atom stereocenters. The van der Waals surface area contributed by atoms with Crippen LogP contribution in [0.4, 0.5) is 0 Å². The van der Waals surface area contributed by atoms with Crippen LogP contribution in [0.2, 0.25) is 18.6 Å². The summed E-state index contributed by atoms with van der Waals surface area (Å²) < 4.78 is 3.19. The third kappa shape index (κ3) is 13.0. The summed E-state index contributed by atoms with van der Waals surface area (Å²) in [6.45, 7) is 18.0. The molecule has 1 aromatic rings. The van der Waals surface area contributed by atoms with Crippen molar-refractivity contribution in [2.75, 3.05) is 0 Å². The second-order valence-electron chi connectivity index (χ2n) is 22.0. The number of fused-ring (bicyclic) bond motifs is 4. The summed E-state index contributed by atoms with van der Waals surface area (Å²) in [5.74, 6) is 1.46. The first-order valence-corrected chi connectivity index (χ1v) is 29.5. The van der Waals surface area contributed by atoms with Crippen molar-refractivity contribution in [3.8, 4) is 0 Å². The molecule has 0 radical (unpaired) electrons. The molecule has 4 aliphatic rings. The molecule has 0 N–H and O–H groups in total. The Balaban J connectivity index is 1.29. The Kier molecular flexibility index (Phi) is 20.2. The van der Waals surface area contributed by atoms with Gasteiger partial charge in [0.05, 0.1) is 0 Å². The van der Waals surface area contributed by atoms with Gasteiger partial charge in [0.2, 0.25) is 0 Å². The van der Waals surface area contributed by atoms with Crippen molar-refractivity contribution in [1.82, 2.24) is 4.57 Å². The lowest BCUT2D eigenvalue weighted by atomic mass is 9.68. The molecule has 4 aliphatic carbocycles. The van der Waals surface area contributed by atoms with Crippen molar-refractivity contribution in [2.24, 2.45) is 11.8 Å². The van der Waals surface area contributed by atoms with Gasteiger partial charge in [-0.15, -0.1) is 0 Å². The zero-order chi connectivity index (χ0) is 41.3. The van der Waals surface area contributed by atoms with E-state index in [1.165, 1.54) is 212 Å². The average Bonchev–Trinajstić information content (AvgIpc) is 3.75. The maximum absolute atomic E-state index is 3.19. The monoisotopic (exact) mass is 812 g/mol. The van der Waals surface area contributed by atoms with Gasteiger partial charge >= 0.3 is 0 Å². The number of hydrogen-bond donors (Lipinski definition) is 0. The normalized spacial score (nSPS) is 21.9. The van der Waals surface area contributed by atoms with Crippen LogP contribution in [0.15, 0.2) is 42.0 Å². The molecular weight excluding hydrogens is 715 g/mol. The van der Waals surface area contributed by atoms with Gasteiger partial charge in [-0.05, 0) is 92.5 Å². The van der Waals surface area contributed by atoms with E-state index in [2.05, 4.69) is 88.7 Å². The van der Waals surface area contributed by atoms with Gasteiger partial charge < -0.3 is 4.57 Å². The summed E-state index contributed by atoms with van der Waals surface area (Å²) in [5.41, 5.74) is 8.12. The van der Waals surface area contributed by atoms with Crippen LogP contribution in [0, 0.1) is 11.8 Å². The summed E-state index contributed by atoms with van der Waals surface area (Å²) in [7, 11) is -1.76. The van der Waals surface area contributed by atoms with E-state index in [1.807, 2.05) is 0 Å².